The second kappa shape index (κ2) is 7.50. The number of halogens is 1. The Hall–Kier alpha value is -1.07. The smallest absolute Gasteiger partial charge is 0.263 e. The zero-order valence-corrected chi connectivity index (χ0v) is 13.1. The van der Waals surface area contributed by atoms with E-state index in [4.69, 9.17) is 4.74 Å². The van der Waals surface area contributed by atoms with E-state index in [9.17, 15) is 9.90 Å². The van der Waals surface area contributed by atoms with E-state index in [0.29, 0.717) is 24.4 Å². The molecule has 0 aliphatic rings. The lowest BCUT2D eigenvalue weighted by atomic mass is 10.2. The van der Waals surface area contributed by atoms with E-state index in [0.717, 1.165) is 4.47 Å². The Morgan fingerprint density at radius 2 is 2.05 bits per heavy atom. The molecule has 4 nitrogen and oxygen atoms in total. The van der Waals surface area contributed by atoms with Crippen molar-refractivity contribution in [2.45, 2.75) is 33.5 Å². The third-order valence-corrected chi connectivity index (χ3v) is 3.56. The van der Waals surface area contributed by atoms with E-state index in [-0.39, 0.29) is 12.5 Å². The molecular formula is C14H20BrNO3. The average molecular weight is 330 g/mol. The fourth-order valence-corrected chi connectivity index (χ4v) is 2.33. The van der Waals surface area contributed by atoms with Crippen molar-refractivity contribution in [3.63, 3.8) is 0 Å². The molecule has 1 unspecified atom stereocenters. The minimum absolute atomic E-state index is 0.0513. The summed E-state index contributed by atoms with van der Waals surface area (Å²) in [5.41, 5.74) is 0.661. The zero-order chi connectivity index (χ0) is 14.4. The van der Waals surface area contributed by atoms with Crippen molar-refractivity contribution in [1.82, 2.24) is 4.90 Å². The predicted octanol–water partition coefficient (Wildman–Crippen LogP) is 2.58. The molecule has 0 saturated carbocycles. The fraction of sp³-hybridized carbons (Fsp3) is 0.500. The fourth-order valence-electron chi connectivity index (χ4n) is 1.83. The number of hydrogen-bond acceptors (Lipinski definition) is 3. The summed E-state index contributed by atoms with van der Waals surface area (Å²) in [6, 6.07) is 5.41. The average Bonchev–Trinajstić information content (AvgIpc) is 2.42. The number of carbonyl (C=O) groups excluding carboxylic acids is 1. The molecule has 5 heteroatoms. The minimum Gasteiger partial charge on any atom is -0.479 e. The van der Waals surface area contributed by atoms with Crippen LogP contribution in [-0.2, 0) is 11.4 Å². The number of carbonyl (C=O) groups is 1. The maximum Gasteiger partial charge on any atom is 0.263 e. The van der Waals surface area contributed by atoms with E-state index >= 15 is 0 Å². The summed E-state index contributed by atoms with van der Waals surface area (Å²) < 4.78 is 6.45. The molecule has 1 amide bonds. The first-order chi connectivity index (χ1) is 9.04. The number of amides is 1. The van der Waals surface area contributed by atoms with Crippen LogP contribution in [0.1, 0.15) is 26.3 Å². The highest BCUT2D eigenvalue weighted by Crippen LogP contribution is 2.30. The molecule has 1 rings (SSSR count). The van der Waals surface area contributed by atoms with Gasteiger partial charge in [-0.25, -0.2) is 0 Å². The van der Waals surface area contributed by atoms with Gasteiger partial charge in [0.05, 0.1) is 11.1 Å². The van der Waals surface area contributed by atoms with Crippen LogP contribution in [0.2, 0.25) is 0 Å². The minimum atomic E-state index is -0.580. The molecule has 1 aromatic rings. The Morgan fingerprint density at radius 1 is 1.42 bits per heavy atom. The Morgan fingerprint density at radius 3 is 2.58 bits per heavy atom. The van der Waals surface area contributed by atoms with Gasteiger partial charge in [0.2, 0.25) is 0 Å². The van der Waals surface area contributed by atoms with Crippen LogP contribution in [0, 0.1) is 0 Å². The molecule has 1 atom stereocenters. The maximum absolute atomic E-state index is 12.1. The van der Waals surface area contributed by atoms with Crippen LogP contribution in [0.5, 0.6) is 5.75 Å². The van der Waals surface area contributed by atoms with Crippen LogP contribution in [0.4, 0.5) is 0 Å². The molecule has 0 bridgehead atoms. The van der Waals surface area contributed by atoms with Crippen molar-refractivity contribution in [3.8, 4) is 5.75 Å². The van der Waals surface area contributed by atoms with Gasteiger partial charge in [0, 0.05) is 18.7 Å². The Labute approximate surface area is 122 Å². The van der Waals surface area contributed by atoms with Crippen LogP contribution >= 0.6 is 15.9 Å². The number of nitrogens with zero attached hydrogens (tertiary/aromatic N) is 1. The van der Waals surface area contributed by atoms with Crippen LogP contribution in [0.15, 0.2) is 22.7 Å². The number of rotatable bonds is 6. The summed E-state index contributed by atoms with van der Waals surface area (Å²) in [5.74, 6) is 0.475. The van der Waals surface area contributed by atoms with Gasteiger partial charge >= 0.3 is 0 Å². The number of likely N-dealkylation sites (N-methyl/N-ethyl adjacent to an activating group) is 1. The Bertz CT molecular complexity index is 433. The van der Waals surface area contributed by atoms with E-state index < -0.39 is 6.10 Å². The van der Waals surface area contributed by atoms with E-state index in [1.807, 2.05) is 26.0 Å². The van der Waals surface area contributed by atoms with Gasteiger partial charge in [0.15, 0.2) is 6.10 Å². The van der Waals surface area contributed by atoms with Crippen molar-refractivity contribution < 1.29 is 14.6 Å². The summed E-state index contributed by atoms with van der Waals surface area (Å²) in [6.07, 6.45) is -0.580. The lowest BCUT2D eigenvalue weighted by Gasteiger charge is -2.24. The van der Waals surface area contributed by atoms with Gasteiger partial charge in [-0.15, -0.1) is 0 Å². The third kappa shape index (κ3) is 3.94. The molecule has 106 valence electrons. The van der Waals surface area contributed by atoms with Crippen LogP contribution in [0.3, 0.4) is 0 Å². The highest BCUT2D eigenvalue weighted by atomic mass is 79.9. The number of aliphatic hydroxyl groups is 1. The third-order valence-electron chi connectivity index (χ3n) is 2.94. The highest BCUT2D eigenvalue weighted by molar-refractivity contribution is 9.10. The van der Waals surface area contributed by atoms with Crippen LogP contribution < -0.4 is 4.74 Å². The van der Waals surface area contributed by atoms with Gasteiger partial charge in [-0.05, 0) is 42.8 Å². The molecule has 1 N–H and O–H groups in total. The topological polar surface area (TPSA) is 49.8 Å². The molecule has 0 radical (unpaired) electrons. The molecular weight excluding hydrogens is 310 g/mol. The normalized spacial score (nSPS) is 12.1. The zero-order valence-electron chi connectivity index (χ0n) is 11.5. The molecule has 0 aromatic heterocycles. The van der Waals surface area contributed by atoms with E-state index in [1.165, 1.54) is 0 Å². The van der Waals surface area contributed by atoms with Gasteiger partial charge < -0.3 is 14.7 Å². The quantitative estimate of drug-likeness (QED) is 0.872. The summed E-state index contributed by atoms with van der Waals surface area (Å²) >= 11 is 3.38. The molecule has 0 heterocycles. The van der Waals surface area contributed by atoms with Gasteiger partial charge in [-0.2, -0.15) is 0 Å². The molecule has 0 spiro atoms. The lowest BCUT2D eigenvalue weighted by molar-refractivity contribution is -0.137. The Balaban J connectivity index is 2.87. The van der Waals surface area contributed by atoms with Gasteiger partial charge in [0.25, 0.3) is 5.91 Å². The summed E-state index contributed by atoms with van der Waals surface area (Å²) in [7, 11) is 0. The van der Waals surface area contributed by atoms with E-state index in [2.05, 4.69) is 15.9 Å². The standard InChI is InChI=1S/C14H20BrNO3/c1-4-16(5-2)14(18)10(3)19-13-11(9-17)7-6-8-12(13)15/h6-8,10,17H,4-5,9H2,1-3H3. The number of aliphatic hydroxyl groups excluding tert-OH is 1. The predicted molar refractivity (Wildman–Crippen MR) is 78.1 cm³/mol. The van der Waals surface area contributed by atoms with Crippen molar-refractivity contribution in [1.29, 1.82) is 0 Å². The molecule has 1 aromatic carbocycles. The molecule has 0 fully saturated rings. The molecule has 0 aliphatic carbocycles. The van der Waals surface area contributed by atoms with Gasteiger partial charge in [-0.1, -0.05) is 12.1 Å². The van der Waals surface area contributed by atoms with Gasteiger partial charge in [-0.3, -0.25) is 4.79 Å². The molecule has 0 saturated heterocycles. The highest BCUT2D eigenvalue weighted by Gasteiger charge is 2.21. The first-order valence-corrected chi connectivity index (χ1v) is 7.18. The largest absolute Gasteiger partial charge is 0.479 e. The monoisotopic (exact) mass is 329 g/mol. The van der Waals surface area contributed by atoms with Gasteiger partial charge in [0.1, 0.15) is 5.75 Å². The second-order valence-electron chi connectivity index (χ2n) is 4.16. The van der Waals surface area contributed by atoms with Crippen molar-refractivity contribution in [2.24, 2.45) is 0 Å². The van der Waals surface area contributed by atoms with Crippen LogP contribution in [-0.4, -0.2) is 35.1 Å². The summed E-state index contributed by atoms with van der Waals surface area (Å²) in [5, 5.41) is 9.30. The Kier molecular flexibility index (Phi) is 6.31. The second-order valence-corrected chi connectivity index (χ2v) is 5.01. The molecule has 0 aliphatic heterocycles. The lowest BCUT2D eigenvalue weighted by Crippen LogP contribution is -2.40. The maximum atomic E-state index is 12.1. The first-order valence-electron chi connectivity index (χ1n) is 6.38. The number of benzene rings is 1. The number of hydrogen-bond donors (Lipinski definition) is 1. The van der Waals surface area contributed by atoms with Crippen molar-refractivity contribution in [3.05, 3.63) is 28.2 Å². The molecule has 19 heavy (non-hydrogen) atoms. The first kappa shape index (κ1) is 16.0. The summed E-state index contributed by atoms with van der Waals surface area (Å²) in [6.45, 7) is 6.79. The SMILES string of the molecule is CCN(CC)C(=O)C(C)Oc1c(Br)cccc1CO. The van der Waals surface area contributed by atoms with Crippen LogP contribution in [0.25, 0.3) is 0 Å². The summed E-state index contributed by atoms with van der Waals surface area (Å²) in [4.78, 5) is 13.9. The number of para-hydroxylation sites is 1. The van der Waals surface area contributed by atoms with Crippen molar-refractivity contribution >= 4 is 21.8 Å². The van der Waals surface area contributed by atoms with Crippen molar-refractivity contribution in [2.75, 3.05) is 13.1 Å². The van der Waals surface area contributed by atoms with E-state index in [1.54, 1.807) is 17.9 Å². The number of ether oxygens (including phenoxy) is 1.